The first kappa shape index (κ1) is 13.4. The molecule has 0 aliphatic heterocycles. The van der Waals surface area contributed by atoms with Gasteiger partial charge in [-0.15, -0.1) is 0 Å². The molecule has 0 radical (unpaired) electrons. The minimum atomic E-state index is -0.484. The van der Waals surface area contributed by atoms with Crippen molar-refractivity contribution in [2.24, 2.45) is 0 Å². The lowest BCUT2D eigenvalue weighted by Crippen LogP contribution is -2.04. The molecule has 3 heteroatoms. The number of aryl methyl sites for hydroxylation is 2. The number of hydrogen-bond acceptors (Lipinski definition) is 2. The Hall–Kier alpha value is -2.55. The number of rotatable bonds is 2. The monoisotopic (exact) mass is 279 g/mol. The molecule has 2 aromatic carbocycles. The highest BCUT2D eigenvalue weighted by molar-refractivity contribution is 6.10. The summed E-state index contributed by atoms with van der Waals surface area (Å²) >= 11 is 0. The number of pyridine rings is 1. The minimum Gasteiger partial charge on any atom is -0.288 e. The summed E-state index contributed by atoms with van der Waals surface area (Å²) in [7, 11) is 0. The van der Waals surface area contributed by atoms with Gasteiger partial charge in [0.25, 0.3) is 0 Å². The predicted octanol–water partition coefficient (Wildman–Crippen LogP) is 4.22. The quantitative estimate of drug-likeness (QED) is 0.657. The van der Waals surface area contributed by atoms with Crippen LogP contribution in [0.15, 0.2) is 48.5 Å². The highest BCUT2D eigenvalue weighted by atomic mass is 19.1. The molecule has 0 bridgehead atoms. The Labute approximate surface area is 122 Å². The summed E-state index contributed by atoms with van der Waals surface area (Å²) < 4.78 is 13.9. The molecule has 0 unspecified atom stereocenters. The first-order valence-electron chi connectivity index (χ1n) is 6.73. The zero-order valence-corrected chi connectivity index (χ0v) is 11.9. The number of hydrogen-bond donors (Lipinski definition) is 0. The molecule has 0 atom stereocenters. The zero-order valence-electron chi connectivity index (χ0n) is 11.9. The van der Waals surface area contributed by atoms with Crippen molar-refractivity contribution in [1.82, 2.24) is 4.98 Å². The number of aromatic nitrogens is 1. The Morgan fingerprint density at radius 1 is 1.00 bits per heavy atom. The number of halogens is 1. The van der Waals surface area contributed by atoms with Gasteiger partial charge < -0.3 is 0 Å². The van der Waals surface area contributed by atoms with E-state index in [-0.39, 0.29) is 11.3 Å². The van der Waals surface area contributed by atoms with Gasteiger partial charge in [0.05, 0.1) is 11.1 Å². The lowest BCUT2D eigenvalue weighted by Gasteiger charge is -2.05. The van der Waals surface area contributed by atoms with E-state index in [1.807, 2.05) is 19.1 Å². The Morgan fingerprint density at radius 3 is 2.57 bits per heavy atom. The molecule has 0 spiro atoms. The molecule has 0 amide bonds. The number of fused-ring (bicyclic) bond motifs is 1. The maximum Gasteiger partial charge on any atom is 0.195 e. The summed E-state index contributed by atoms with van der Waals surface area (Å²) in [5, 5.41) is 0.874. The molecule has 1 heterocycles. The van der Waals surface area contributed by atoms with Crippen molar-refractivity contribution >= 4 is 16.7 Å². The van der Waals surface area contributed by atoms with Crippen molar-refractivity contribution in [3.05, 3.63) is 76.7 Å². The molecule has 0 fully saturated rings. The topological polar surface area (TPSA) is 30.0 Å². The summed E-state index contributed by atoms with van der Waals surface area (Å²) in [6, 6.07) is 13.7. The van der Waals surface area contributed by atoms with Gasteiger partial charge in [-0.3, -0.25) is 9.78 Å². The molecular formula is C18H14FNO. The molecule has 0 aliphatic carbocycles. The number of benzene rings is 2. The summed E-state index contributed by atoms with van der Waals surface area (Å²) in [4.78, 5) is 16.8. The summed E-state index contributed by atoms with van der Waals surface area (Å²) in [6.45, 7) is 3.71. The van der Waals surface area contributed by atoms with Gasteiger partial charge in [-0.1, -0.05) is 12.1 Å². The van der Waals surface area contributed by atoms with E-state index in [9.17, 15) is 9.18 Å². The van der Waals surface area contributed by atoms with E-state index in [2.05, 4.69) is 4.98 Å². The van der Waals surface area contributed by atoms with Gasteiger partial charge in [0, 0.05) is 16.6 Å². The standard InChI is InChI=1S/C18H14FNO/c1-11-3-7-15(16(19)9-11)18(21)14-6-8-17-13(10-14)5-4-12(2)20-17/h3-10H,1-2H3. The molecule has 104 valence electrons. The molecule has 2 nitrogen and oxygen atoms in total. The third kappa shape index (κ3) is 2.55. The predicted molar refractivity (Wildman–Crippen MR) is 81.0 cm³/mol. The van der Waals surface area contributed by atoms with Gasteiger partial charge in [-0.25, -0.2) is 4.39 Å². The van der Waals surface area contributed by atoms with Crippen molar-refractivity contribution in [2.75, 3.05) is 0 Å². The van der Waals surface area contributed by atoms with Crippen molar-refractivity contribution in [3.8, 4) is 0 Å². The summed E-state index contributed by atoms with van der Waals surface area (Å²) in [5.74, 6) is -0.794. The first-order valence-corrected chi connectivity index (χ1v) is 6.73. The van der Waals surface area contributed by atoms with E-state index in [0.717, 1.165) is 22.2 Å². The normalized spacial score (nSPS) is 10.8. The van der Waals surface area contributed by atoms with Crippen LogP contribution in [0.2, 0.25) is 0 Å². The van der Waals surface area contributed by atoms with Gasteiger partial charge in [0.1, 0.15) is 5.82 Å². The van der Waals surface area contributed by atoms with Crippen LogP contribution in [0.4, 0.5) is 4.39 Å². The van der Waals surface area contributed by atoms with E-state index in [1.54, 1.807) is 31.2 Å². The van der Waals surface area contributed by atoms with Crippen LogP contribution in [0.5, 0.6) is 0 Å². The molecular weight excluding hydrogens is 265 g/mol. The first-order chi connectivity index (χ1) is 10.0. The minimum absolute atomic E-state index is 0.0972. The Balaban J connectivity index is 2.07. The molecule has 3 rings (SSSR count). The number of nitrogens with zero attached hydrogens (tertiary/aromatic N) is 1. The van der Waals surface area contributed by atoms with E-state index in [0.29, 0.717) is 5.56 Å². The average molecular weight is 279 g/mol. The van der Waals surface area contributed by atoms with Gasteiger partial charge in [0.15, 0.2) is 5.78 Å². The Kier molecular flexibility index (Phi) is 3.26. The number of ketones is 1. The molecule has 0 N–H and O–H groups in total. The Morgan fingerprint density at radius 2 is 1.81 bits per heavy atom. The number of carbonyl (C=O) groups excluding carboxylic acids is 1. The fraction of sp³-hybridized carbons (Fsp3) is 0.111. The fourth-order valence-corrected chi connectivity index (χ4v) is 2.33. The van der Waals surface area contributed by atoms with E-state index in [1.165, 1.54) is 12.1 Å². The van der Waals surface area contributed by atoms with Crippen LogP contribution in [-0.2, 0) is 0 Å². The van der Waals surface area contributed by atoms with Crippen LogP contribution in [0.25, 0.3) is 10.9 Å². The van der Waals surface area contributed by atoms with Gasteiger partial charge >= 0.3 is 0 Å². The molecule has 0 saturated heterocycles. The van der Waals surface area contributed by atoms with Gasteiger partial charge in [0.2, 0.25) is 0 Å². The van der Waals surface area contributed by atoms with Crippen molar-refractivity contribution in [3.63, 3.8) is 0 Å². The maximum absolute atomic E-state index is 13.9. The average Bonchev–Trinajstić information content (AvgIpc) is 2.46. The lowest BCUT2D eigenvalue weighted by atomic mass is 10.00. The summed E-state index contributed by atoms with van der Waals surface area (Å²) in [6.07, 6.45) is 0. The smallest absolute Gasteiger partial charge is 0.195 e. The molecule has 0 aliphatic rings. The summed E-state index contributed by atoms with van der Waals surface area (Å²) in [5.41, 5.74) is 3.11. The van der Waals surface area contributed by atoms with Crippen LogP contribution >= 0.6 is 0 Å². The highest BCUT2D eigenvalue weighted by Crippen LogP contribution is 2.19. The third-order valence-electron chi connectivity index (χ3n) is 3.46. The molecule has 1 aromatic heterocycles. The van der Waals surface area contributed by atoms with Crippen LogP contribution < -0.4 is 0 Å². The van der Waals surface area contributed by atoms with Crippen molar-refractivity contribution in [2.45, 2.75) is 13.8 Å². The largest absolute Gasteiger partial charge is 0.288 e. The molecule has 3 aromatic rings. The lowest BCUT2D eigenvalue weighted by molar-refractivity contribution is 0.103. The van der Waals surface area contributed by atoms with Crippen LogP contribution in [0.1, 0.15) is 27.2 Å². The second-order valence-electron chi connectivity index (χ2n) is 5.17. The van der Waals surface area contributed by atoms with Crippen molar-refractivity contribution in [1.29, 1.82) is 0 Å². The number of carbonyl (C=O) groups is 1. The van der Waals surface area contributed by atoms with Crippen LogP contribution in [-0.4, -0.2) is 10.8 Å². The van der Waals surface area contributed by atoms with E-state index < -0.39 is 5.82 Å². The second-order valence-corrected chi connectivity index (χ2v) is 5.17. The van der Waals surface area contributed by atoms with Crippen LogP contribution in [0, 0.1) is 19.7 Å². The van der Waals surface area contributed by atoms with Crippen molar-refractivity contribution < 1.29 is 9.18 Å². The van der Waals surface area contributed by atoms with Crippen LogP contribution in [0.3, 0.4) is 0 Å². The fourth-order valence-electron chi connectivity index (χ4n) is 2.33. The van der Waals surface area contributed by atoms with E-state index in [4.69, 9.17) is 0 Å². The third-order valence-corrected chi connectivity index (χ3v) is 3.46. The SMILES string of the molecule is Cc1ccc(C(=O)c2ccc3nc(C)ccc3c2)c(F)c1. The zero-order chi connectivity index (χ0) is 15.0. The maximum atomic E-state index is 13.9. The highest BCUT2D eigenvalue weighted by Gasteiger charge is 2.14. The van der Waals surface area contributed by atoms with Gasteiger partial charge in [-0.2, -0.15) is 0 Å². The van der Waals surface area contributed by atoms with E-state index >= 15 is 0 Å². The molecule has 21 heavy (non-hydrogen) atoms. The second kappa shape index (κ2) is 5.09. The molecule has 0 saturated carbocycles. The Bertz CT molecular complexity index is 855. The van der Waals surface area contributed by atoms with Gasteiger partial charge in [-0.05, 0) is 55.8 Å².